The number of phenolic OH excluding ortho intramolecular Hbond substituents is 4. The number of hydrogen-bond acceptors (Lipinski definition) is 6. The van der Waals surface area contributed by atoms with E-state index in [0.29, 0.717) is 16.6 Å². The fraction of sp³-hybridized carbons (Fsp3) is 0.0870. The summed E-state index contributed by atoms with van der Waals surface area (Å²) in [6, 6.07) is 13.8. The molecule has 1 aromatic heterocycles. The quantitative estimate of drug-likeness (QED) is 0.256. The lowest BCUT2D eigenvalue weighted by Gasteiger charge is -2.07. The number of aliphatic hydroxyl groups is 1. The van der Waals surface area contributed by atoms with Crippen LogP contribution in [0.15, 0.2) is 60.8 Å². The number of hydrogen-bond donors (Lipinski definition) is 5. The largest absolute Gasteiger partial charge is 0.504 e. The Hall–Kier alpha value is -3.97. The highest BCUT2D eigenvalue weighted by atomic mass is 16.3. The first-order chi connectivity index (χ1) is 14.4. The number of aromatic hydroxyl groups is 4. The van der Waals surface area contributed by atoms with E-state index in [-0.39, 0.29) is 47.5 Å². The second kappa shape index (κ2) is 7.46. The Balaban J connectivity index is 1.81. The zero-order valence-corrected chi connectivity index (χ0v) is 15.8. The first kappa shape index (κ1) is 19.4. The van der Waals surface area contributed by atoms with Crippen molar-refractivity contribution in [2.75, 3.05) is 0 Å². The van der Waals surface area contributed by atoms with Crippen molar-refractivity contribution < 1.29 is 30.3 Å². The Bertz CT molecular complexity index is 1270. The number of aromatic nitrogens is 1. The number of Topliss-reactive ketones (excluding diaryl/α,β-unsaturated/α-hetero) is 1. The van der Waals surface area contributed by atoms with Crippen molar-refractivity contribution in [1.82, 2.24) is 4.57 Å². The first-order valence-electron chi connectivity index (χ1n) is 9.17. The van der Waals surface area contributed by atoms with Gasteiger partial charge in [-0.15, -0.1) is 0 Å². The van der Waals surface area contributed by atoms with Gasteiger partial charge in [0.15, 0.2) is 28.8 Å². The van der Waals surface area contributed by atoms with Crippen LogP contribution in [0.3, 0.4) is 0 Å². The van der Waals surface area contributed by atoms with Crippen molar-refractivity contribution in [2.45, 2.75) is 13.2 Å². The van der Waals surface area contributed by atoms with Crippen molar-refractivity contribution in [3.63, 3.8) is 0 Å². The molecule has 7 nitrogen and oxygen atoms in total. The molecule has 5 N–H and O–H groups in total. The van der Waals surface area contributed by atoms with E-state index in [9.17, 15) is 30.3 Å². The number of phenols is 4. The van der Waals surface area contributed by atoms with Crippen LogP contribution < -0.4 is 0 Å². The number of aliphatic hydroxyl groups excluding tert-OH is 1. The summed E-state index contributed by atoms with van der Waals surface area (Å²) in [5.74, 6) is -1.44. The maximum absolute atomic E-state index is 12.8. The summed E-state index contributed by atoms with van der Waals surface area (Å²) in [6.07, 6.45) is 1.76. The molecular formula is C23H19NO6. The Labute approximate surface area is 171 Å². The van der Waals surface area contributed by atoms with E-state index in [2.05, 4.69) is 0 Å². The molecule has 0 fully saturated rings. The lowest BCUT2D eigenvalue weighted by Crippen LogP contribution is -2.09. The fourth-order valence-electron chi connectivity index (χ4n) is 3.43. The van der Waals surface area contributed by atoms with E-state index in [1.54, 1.807) is 29.0 Å². The van der Waals surface area contributed by atoms with Gasteiger partial charge >= 0.3 is 0 Å². The van der Waals surface area contributed by atoms with Crippen LogP contribution in [-0.4, -0.2) is 35.9 Å². The third kappa shape index (κ3) is 3.42. The van der Waals surface area contributed by atoms with E-state index in [1.807, 2.05) is 6.07 Å². The number of carbonyl (C=O) groups excluding carboxylic acids is 1. The summed E-state index contributed by atoms with van der Waals surface area (Å²) < 4.78 is 1.72. The van der Waals surface area contributed by atoms with Crippen LogP contribution in [0.4, 0.5) is 0 Å². The third-order valence-corrected chi connectivity index (χ3v) is 5.03. The standard InChI is InChI=1S/C23H19NO6/c25-12-13-1-4-16-17(14-2-5-19(26)21(28)8-14)10-24(18(16)7-13)11-23(30)15-3-6-20(27)22(29)9-15/h1-10,25-29H,11-12H2. The molecule has 0 bridgehead atoms. The molecule has 1 heterocycles. The average molecular weight is 405 g/mol. The first-order valence-corrected chi connectivity index (χ1v) is 9.17. The van der Waals surface area contributed by atoms with E-state index >= 15 is 0 Å². The number of rotatable bonds is 5. The maximum atomic E-state index is 12.8. The van der Waals surface area contributed by atoms with E-state index in [0.717, 1.165) is 10.9 Å². The molecule has 7 heteroatoms. The molecular weight excluding hydrogens is 386 g/mol. The van der Waals surface area contributed by atoms with Gasteiger partial charge in [-0.2, -0.15) is 0 Å². The molecule has 0 saturated carbocycles. The lowest BCUT2D eigenvalue weighted by molar-refractivity contribution is 0.0973. The van der Waals surface area contributed by atoms with Gasteiger partial charge in [-0.1, -0.05) is 18.2 Å². The Morgan fingerprint density at radius 1 is 0.800 bits per heavy atom. The molecule has 0 aliphatic rings. The third-order valence-electron chi connectivity index (χ3n) is 5.03. The molecule has 0 aliphatic carbocycles. The second-order valence-electron chi connectivity index (χ2n) is 7.01. The van der Waals surface area contributed by atoms with Gasteiger partial charge in [-0.25, -0.2) is 0 Å². The number of ketones is 1. The smallest absolute Gasteiger partial charge is 0.182 e. The molecule has 0 aliphatic heterocycles. The minimum absolute atomic E-state index is 0.0420. The molecule has 4 rings (SSSR count). The number of fused-ring (bicyclic) bond motifs is 1. The number of carbonyl (C=O) groups is 1. The van der Waals surface area contributed by atoms with Crippen molar-refractivity contribution >= 4 is 16.7 Å². The maximum Gasteiger partial charge on any atom is 0.182 e. The Morgan fingerprint density at radius 2 is 1.50 bits per heavy atom. The van der Waals surface area contributed by atoms with Gasteiger partial charge in [0.05, 0.1) is 13.2 Å². The van der Waals surface area contributed by atoms with Gasteiger partial charge in [-0.3, -0.25) is 4.79 Å². The minimum Gasteiger partial charge on any atom is -0.504 e. The summed E-state index contributed by atoms with van der Waals surface area (Å²) in [7, 11) is 0. The van der Waals surface area contributed by atoms with Crippen molar-refractivity contribution in [2.24, 2.45) is 0 Å². The van der Waals surface area contributed by atoms with Gasteiger partial charge in [0, 0.05) is 28.2 Å². The highest BCUT2D eigenvalue weighted by Crippen LogP contribution is 2.36. The van der Waals surface area contributed by atoms with E-state index in [1.165, 1.54) is 30.3 Å². The van der Waals surface area contributed by atoms with Gasteiger partial charge in [0.1, 0.15) is 0 Å². The van der Waals surface area contributed by atoms with Crippen LogP contribution in [0.1, 0.15) is 15.9 Å². The van der Waals surface area contributed by atoms with Crippen molar-refractivity contribution in [1.29, 1.82) is 0 Å². The summed E-state index contributed by atoms with van der Waals surface area (Å²) in [6.45, 7) is -0.199. The molecule has 3 aromatic carbocycles. The molecule has 0 radical (unpaired) electrons. The summed E-state index contributed by atoms with van der Waals surface area (Å²) >= 11 is 0. The van der Waals surface area contributed by atoms with Crippen LogP contribution in [-0.2, 0) is 13.2 Å². The van der Waals surface area contributed by atoms with Crippen LogP contribution in [0, 0.1) is 0 Å². The Morgan fingerprint density at radius 3 is 2.17 bits per heavy atom. The summed E-state index contributed by atoms with van der Waals surface area (Å²) in [5, 5.41) is 48.9. The zero-order chi connectivity index (χ0) is 21.4. The van der Waals surface area contributed by atoms with Crippen molar-refractivity contribution in [3.05, 3.63) is 71.9 Å². The number of nitrogens with zero attached hydrogens (tertiary/aromatic N) is 1. The normalized spacial score (nSPS) is 11.1. The van der Waals surface area contributed by atoms with Crippen LogP contribution in [0.2, 0.25) is 0 Å². The topological polar surface area (TPSA) is 123 Å². The van der Waals surface area contributed by atoms with Gasteiger partial charge in [0.25, 0.3) is 0 Å². The highest BCUT2D eigenvalue weighted by Gasteiger charge is 2.16. The van der Waals surface area contributed by atoms with Crippen LogP contribution in [0.25, 0.3) is 22.0 Å². The van der Waals surface area contributed by atoms with Crippen LogP contribution >= 0.6 is 0 Å². The molecule has 0 saturated heterocycles. The van der Waals surface area contributed by atoms with Gasteiger partial charge in [0.2, 0.25) is 0 Å². The zero-order valence-electron chi connectivity index (χ0n) is 15.8. The summed E-state index contributed by atoms with van der Waals surface area (Å²) in [5.41, 5.74) is 3.03. The average Bonchev–Trinajstić information content (AvgIpc) is 3.09. The molecule has 4 aromatic rings. The summed E-state index contributed by atoms with van der Waals surface area (Å²) in [4.78, 5) is 12.8. The molecule has 30 heavy (non-hydrogen) atoms. The van der Waals surface area contributed by atoms with Gasteiger partial charge in [-0.05, 0) is 47.5 Å². The van der Waals surface area contributed by atoms with E-state index < -0.39 is 0 Å². The van der Waals surface area contributed by atoms with Crippen LogP contribution in [0.5, 0.6) is 23.0 Å². The molecule has 0 spiro atoms. The van der Waals surface area contributed by atoms with Gasteiger partial charge < -0.3 is 30.1 Å². The van der Waals surface area contributed by atoms with E-state index in [4.69, 9.17) is 0 Å². The predicted molar refractivity (Wildman–Crippen MR) is 111 cm³/mol. The number of benzene rings is 3. The molecule has 152 valence electrons. The molecule has 0 amide bonds. The van der Waals surface area contributed by atoms with Crippen molar-refractivity contribution in [3.8, 4) is 34.1 Å². The molecule has 0 unspecified atom stereocenters. The Kier molecular flexibility index (Phi) is 4.81. The SMILES string of the molecule is O=C(Cn1cc(-c2ccc(O)c(O)c2)c2ccc(CO)cc21)c1ccc(O)c(O)c1. The minimum atomic E-state index is -0.374. The monoisotopic (exact) mass is 405 g/mol. The lowest BCUT2D eigenvalue weighted by atomic mass is 10.0. The highest BCUT2D eigenvalue weighted by molar-refractivity contribution is 6.00. The fourth-order valence-corrected chi connectivity index (χ4v) is 3.43. The predicted octanol–water partition coefficient (Wildman–Crippen LogP) is 3.51. The second-order valence-corrected chi connectivity index (χ2v) is 7.01. The molecule has 0 atom stereocenters.